The van der Waals surface area contributed by atoms with Crippen LogP contribution < -0.4 is 10.5 Å². The highest BCUT2D eigenvalue weighted by Gasteiger charge is 2.38. The third-order valence-corrected chi connectivity index (χ3v) is 4.32. The Kier molecular flexibility index (Phi) is 8.16. The van der Waals surface area contributed by atoms with Crippen LogP contribution in [0.5, 0.6) is 5.75 Å². The van der Waals surface area contributed by atoms with Crippen LogP contribution in [0, 0.1) is 17.1 Å². The number of nitriles is 1. The van der Waals surface area contributed by atoms with Crippen molar-refractivity contribution < 1.29 is 27.0 Å². The molecule has 0 saturated carbocycles. The Morgan fingerprint density at radius 1 is 1.33 bits per heavy atom. The van der Waals surface area contributed by atoms with Gasteiger partial charge >= 0.3 is 6.18 Å². The molecule has 7 nitrogen and oxygen atoms in total. The Balaban J connectivity index is 2.60. The lowest BCUT2D eigenvalue weighted by Gasteiger charge is -2.19. The molecule has 1 heterocycles. The largest absolute Gasteiger partial charge is 0.490 e. The molecule has 0 unspecified atom stereocenters. The summed E-state index contributed by atoms with van der Waals surface area (Å²) in [5.41, 5.74) is 3.32. The fourth-order valence-electron chi connectivity index (χ4n) is 2.94. The van der Waals surface area contributed by atoms with Crippen LogP contribution in [0.25, 0.3) is 11.1 Å². The molecule has 0 amide bonds. The highest BCUT2D eigenvalue weighted by Crippen LogP contribution is 2.42. The predicted octanol–water partition coefficient (Wildman–Crippen LogP) is 2.91. The monoisotopic (exact) mass is 429 g/mol. The van der Waals surface area contributed by atoms with E-state index in [1.807, 2.05) is 0 Å². The van der Waals surface area contributed by atoms with Crippen molar-refractivity contribution in [3.05, 3.63) is 34.9 Å². The third-order valence-electron chi connectivity index (χ3n) is 4.32. The average Bonchev–Trinajstić information content (AvgIpc) is 3.12. The molecule has 0 bridgehead atoms. The first-order valence-electron chi connectivity index (χ1n) is 9.11. The number of methoxy groups -OCH3 is 1. The van der Waals surface area contributed by atoms with Crippen molar-refractivity contribution in [2.75, 3.05) is 40.5 Å². The van der Waals surface area contributed by atoms with Gasteiger partial charge in [0, 0.05) is 50.9 Å². The second-order valence-electron chi connectivity index (χ2n) is 6.58. The van der Waals surface area contributed by atoms with Crippen molar-refractivity contribution in [1.82, 2.24) is 15.1 Å². The van der Waals surface area contributed by atoms with Crippen LogP contribution in [-0.4, -0.2) is 55.6 Å². The molecule has 2 rings (SSSR count). The second kappa shape index (κ2) is 10.4. The summed E-state index contributed by atoms with van der Waals surface area (Å²) in [5, 5.41) is 15.9. The molecule has 0 aliphatic rings. The number of hydrogen-bond acceptors (Lipinski definition) is 6. The lowest BCUT2D eigenvalue weighted by Crippen LogP contribution is -2.25. The molecular formula is C19H23F4N5O2. The summed E-state index contributed by atoms with van der Waals surface area (Å²) >= 11 is 0. The van der Waals surface area contributed by atoms with E-state index in [4.69, 9.17) is 15.2 Å². The second-order valence-corrected chi connectivity index (χ2v) is 6.58. The molecule has 0 aliphatic heterocycles. The third kappa shape index (κ3) is 5.47. The Morgan fingerprint density at radius 2 is 2.07 bits per heavy atom. The summed E-state index contributed by atoms with van der Waals surface area (Å²) in [5.74, 6) is -1.64. The quantitative estimate of drug-likeness (QED) is 0.445. The Hall–Kier alpha value is -2.68. The van der Waals surface area contributed by atoms with Crippen LogP contribution in [0.2, 0.25) is 0 Å². The summed E-state index contributed by atoms with van der Waals surface area (Å²) in [4.78, 5) is 1.79. The number of rotatable bonds is 10. The van der Waals surface area contributed by atoms with Gasteiger partial charge in [-0.3, -0.25) is 10.00 Å². The average molecular weight is 429 g/mol. The molecule has 0 aliphatic carbocycles. The maximum Gasteiger partial charge on any atom is 0.417 e. The van der Waals surface area contributed by atoms with Gasteiger partial charge in [-0.1, -0.05) is 0 Å². The van der Waals surface area contributed by atoms with Crippen molar-refractivity contribution in [1.29, 1.82) is 5.26 Å². The Morgan fingerprint density at radius 3 is 2.67 bits per heavy atom. The summed E-state index contributed by atoms with van der Waals surface area (Å²) in [6, 6.07) is 2.02. The van der Waals surface area contributed by atoms with E-state index >= 15 is 4.39 Å². The molecule has 0 fully saturated rings. The molecule has 2 aromatic rings. The van der Waals surface area contributed by atoms with E-state index < -0.39 is 34.4 Å². The molecule has 11 heteroatoms. The van der Waals surface area contributed by atoms with Crippen LogP contribution in [0.15, 0.2) is 12.3 Å². The summed E-state index contributed by atoms with van der Waals surface area (Å²) in [6.45, 7) is 1.33. The number of alkyl halides is 3. The minimum Gasteiger partial charge on any atom is -0.490 e. The molecular weight excluding hydrogens is 406 g/mol. The fourth-order valence-corrected chi connectivity index (χ4v) is 2.94. The van der Waals surface area contributed by atoms with Crippen molar-refractivity contribution in [2.24, 2.45) is 5.73 Å². The first kappa shape index (κ1) is 23.6. The highest BCUT2D eigenvalue weighted by molar-refractivity contribution is 5.76. The Labute approximate surface area is 171 Å². The van der Waals surface area contributed by atoms with Crippen molar-refractivity contribution >= 4 is 0 Å². The summed E-state index contributed by atoms with van der Waals surface area (Å²) in [6.07, 6.45) is -3.33. The van der Waals surface area contributed by atoms with Crippen LogP contribution in [0.1, 0.15) is 23.2 Å². The van der Waals surface area contributed by atoms with Crippen LogP contribution >= 0.6 is 0 Å². The predicted molar refractivity (Wildman–Crippen MR) is 101 cm³/mol. The smallest absolute Gasteiger partial charge is 0.417 e. The van der Waals surface area contributed by atoms with E-state index in [1.165, 1.54) is 19.4 Å². The molecule has 0 atom stereocenters. The summed E-state index contributed by atoms with van der Waals surface area (Å²) in [7, 11) is 3.21. The van der Waals surface area contributed by atoms with Crippen molar-refractivity contribution in [3.8, 4) is 22.9 Å². The number of aromatic amines is 1. The van der Waals surface area contributed by atoms with Gasteiger partial charge < -0.3 is 15.2 Å². The van der Waals surface area contributed by atoms with Gasteiger partial charge in [-0.05, 0) is 13.1 Å². The first-order valence-corrected chi connectivity index (χ1v) is 9.11. The van der Waals surface area contributed by atoms with Gasteiger partial charge in [0.15, 0.2) is 11.6 Å². The molecule has 3 N–H and O–H groups in total. The Bertz CT molecular complexity index is 892. The van der Waals surface area contributed by atoms with Crippen LogP contribution in [0.4, 0.5) is 17.6 Å². The summed E-state index contributed by atoms with van der Waals surface area (Å²) < 4.78 is 66.3. The molecule has 30 heavy (non-hydrogen) atoms. The van der Waals surface area contributed by atoms with Crippen LogP contribution in [-0.2, 0) is 17.5 Å². The highest BCUT2D eigenvalue weighted by atomic mass is 19.4. The van der Waals surface area contributed by atoms with Gasteiger partial charge in [0.2, 0.25) is 0 Å². The lowest BCUT2D eigenvalue weighted by molar-refractivity contribution is -0.137. The van der Waals surface area contributed by atoms with E-state index in [0.29, 0.717) is 37.9 Å². The minimum absolute atomic E-state index is 0.0507. The lowest BCUT2D eigenvalue weighted by atomic mass is 9.94. The van der Waals surface area contributed by atoms with E-state index in [2.05, 4.69) is 10.2 Å². The zero-order chi connectivity index (χ0) is 22.3. The molecule has 0 saturated heterocycles. The normalized spacial score (nSPS) is 11.7. The number of benzene rings is 1. The fraction of sp³-hybridized carbons (Fsp3) is 0.474. The minimum atomic E-state index is -4.88. The standard InChI is InChI=1S/C19H23F4N5O2/c1-28(5-4-24)11-15-13(10-26-27-15)17-12(9-25)14(19(21,22)23)8-16(18(17)20)30-7-3-6-29-2/h8,10H,3-7,11,24H2,1-2H3,(H,26,27). The SMILES string of the molecule is COCCCOc1cc(C(F)(F)F)c(C#N)c(-c2cn[nH]c2CN(C)CCN)c1F. The van der Waals surface area contributed by atoms with E-state index in [-0.39, 0.29) is 18.7 Å². The number of nitrogens with one attached hydrogen (secondary N) is 1. The van der Waals surface area contributed by atoms with E-state index in [0.717, 1.165) is 0 Å². The maximum absolute atomic E-state index is 15.3. The number of ether oxygens (including phenoxy) is 2. The van der Waals surface area contributed by atoms with Crippen molar-refractivity contribution in [2.45, 2.75) is 19.1 Å². The van der Waals surface area contributed by atoms with E-state index in [9.17, 15) is 18.4 Å². The number of H-pyrrole nitrogens is 1. The van der Waals surface area contributed by atoms with E-state index in [1.54, 1.807) is 11.9 Å². The first-order chi connectivity index (χ1) is 14.2. The van der Waals surface area contributed by atoms with Gasteiger partial charge in [-0.25, -0.2) is 4.39 Å². The number of hydrogen-bond donors (Lipinski definition) is 2. The molecule has 1 aromatic carbocycles. The molecule has 1 aromatic heterocycles. The van der Waals surface area contributed by atoms with Gasteiger partial charge in [0.25, 0.3) is 0 Å². The zero-order valence-electron chi connectivity index (χ0n) is 16.6. The number of aromatic nitrogens is 2. The van der Waals surface area contributed by atoms with Gasteiger partial charge in [-0.15, -0.1) is 0 Å². The number of likely N-dealkylation sites (N-methyl/N-ethyl adjacent to an activating group) is 1. The molecule has 0 spiro atoms. The topological polar surface area (TPSA) is 100 Å². The maximum atomic E-state index is 15.3. The number of halogens is 4. The van der Waals surface area contributed by atoms with Gasteiger partial charge in [-0.2, -0.15) is 23.5 Å². The number of nitrogens with zero attached hydrogens (tertiary/aromatic N) is 3. The zero-order valence-corrected chi connectivity index (χ0v) is 16.6. The molecule has 164 valence electrons. The van der Waals surface area contributed by atoms with Gasteiger partial charge in [0.1, 0.15) is 6.07 Å². The molecule has 0 radical (unpaired) electrons. The van der Waals surface area contributed by atoms with Crippen LogP contribution in [0.3, 0.4) is 0 Å². The van der Waals surface area contributed by atoms with Crippen molar-refractivity contribution in [3.63, 3.8) is 0 Å². The number of nitrogens with two attached hydrogens (primary N) is 1. The van der Waals surface area contributed by atoms with Gasteiger partial charge in [0.05, 0.1) is 29.6 Å².